The zero-order valence-corrected chi connectivity index (χ0v) is 14.6. The fraction of sp³-hybridized carbons (Fsp3) is 0.316. The molecule has 0 radical (unpaired) electrons. The first-order valence-corrected chi connectivity index (χ1v) is 8.40. The normalized spacial score (nSPS) is 11.3. The van der Waals surface area contributed by atoms with Gasteiger partial charge in [-0.05, 0) is 25.0 Å². The number of quaternary nitrogens is 1. The molecule has 0 heterocycles. The van der Waals surface area contributed by atoms with Gasteiger partial charge in [-0.25, -0.2) is 0 Å². The molecule has 2 rings (SSSR count). The fourth-order valence-electron chi connectivity index (χ4n) is 2.55. The summed E-state index contributed by atoms with van der Waals surface area (Å²) in [6.45, 7) is 8.00. The van der Waals surface area contributed by atoms with Gasteiger partial charge in [0.05, 0.1) is 24.6 Å². The van der Waals surface area contributed by atoms with Crippen molar-refractivity contribution >= 4 is 11.9 Å². The molecule has 0 aliphatic rings. The van der Waals surface area contributed by atoms with Gasteiger partial charge in [-0.1, -0.05) is 36.1 Å². The number of benzene rings is 2. The van der Waals surface area contributed by atoms with Crippen LogP contribution in [0.2, 0.25) is 0 Å². The van der Waals surface area contributed by atoms with Gasteiger partial charge in [0.2, 0.25) is 0 Å². The van der Waals surface area contributed by atoms with E-state index in [1.54, 1.807) is 0 Å². The van der Waals surface area contributed by atoms with Crippen LogP contribution in [0.15, 0.2) is 47.5 Å². The maximum atomic E-state index is 11.7. The smallest absolute Gasteiger partial charge is 0.270 e. The number of hydrogen-bond acceptors (Lipinski definition) is 4. The first-order valence-electron chi connectivity index (χ1n) is 8.40. The van der Waals surface area contributed by atoms with Crippen LogP contribution in [0.3, 0.4) is 0 Å². The van der Waals surface area contributed by atoms with Gasteiger partial charge < -0.3 is 10.0 Å². The van der Waals surface area contributed by atoms with Gasteiger partial charge >= 0.3 is 0 Å². The Bertz CT molecular complexity index is 738. The van der Waals surface area contributed by atoms with Crippen LogP contribution in [0, 0.1) is 10.1 Å². The van der Waals surface area contributed by atoms with E-state index >= 15 is 0 Å². The first-order chi connectivity index (χ1) is 12.0. The van der Waals surface area contributed by atoms with Crippen molar-refractivity contribution in [2.45, 2.75) is 26.9 Å². The van der Waals surface area contributed by atoms with Crippen LogP contribution in [0.4, 0.5) is 5.69 Å². The van der Waals surface area contributed by atoms with Crippen LogP contribution in [-0.2, 0) is 13.1 Å². The molecule has 0 aromatic heterocycles. The topological polar surface area (TPSA) is 83.0 Å². The van der Waals surface area contributed by atoms with Gasteiger partial charge in [0.25, 0.3) is 5.69 Å². The van der Waals surface area contributed by atoms with Crippen molar-refractivity contribution in [3.63, 3.8) is 0 Å². The Morgan fingerprint density at radius 2 is 1.72 bits per heavy atom. The number of nitrogens with zero attached hydrogens (tertiary/aromatic N) is 2. The third-order valence-electron chi connectivity index (χ3n) is 4.19. The second kappa shape index (κ2) is 8.94. The molecule has 0 aliphatic carbocycles. The molecule has 0 spiro atoms. The van der Waals surface area contributed by atoms with Crippen LogP contribution in [0.5, 0.6) is 5.75 Å². The highest BCUT2D eigenvalue weighted by Crippen LogP contribution is 2.19. The summed E-state index contributed by atoms with van der Waals surface area (Å²) in [5.41, 5.74) is 2.44. The van der Waals surface area contributed by atoms with Crippen molar-refractivity contribution in [1.29, 1.82) is 0 Å². The highest BCUT2D eigenvalue weighted by atomic mass is 16.6. The second-order valence-electron chi connectivity index (χ2n) is 5.90. The van der Waals surface area contributed by atoms with Gasteiger partial charge in [-0.2, -0.15) is 0 Å². The quantitative estimate of drug-likeness (QED) is 0.451. The van der Waals surface area contributed by atoms with Crippen molar-refractivity contribution < 1.29 is 14.9 Å². The molecule has 0 fully saturated rings. The minimum absolute atomic E-state index is 0.107. The van der Waals surface area contributed by atoms with Crippen molar-refractivity contribution in [2.75, 3.05) is 13.1 Å². The Balaban J connectivity index is 2.00. The van der Waals surface area contributed by atoms with E-state index in [1.807, 2.05) is 12.1 Å². The first kappa shape index (κ1) is 18.6. The minimum Gasteiger partial charge on any atom is -0.872 e. The molecular formula is C19H23N3O3. The maximum Gasteiger partial charge on any atom is 0.270 e. The number of aliphatic imine (C=N–C) groups is 1. The van der Waals surface area contributed by atoms with E-state index in [1.165, 1.54) is 34.9 Å². The highest BCUT2D eigenvalue weighted by Gasteiger charge is 2.06. The van der Waals surface area contributed by atoms with Gasteiger partial charge in [0, 0.05) is 23.9 Å². The summed E-state index contributed by atoms with van der Waals surface area (Å²) in [4.78, 5) is 16.0. The monoisotopic (exact) mass is 341 g/mol. The molecule has 6 nitrogen and oxygen atoms in total. The van der Waals surface area contributed by atoms with Gasteiger partial charge in [-0.3, -0.25) is 15.1 Å². The molecule has 2 aromatic carbocycles. The molecule has 0 unspecified atom stereocenters. The van der Waals surface area contributed by atoms with Crippen LogP contribution in [0.1, 0.15) is 30.5 Å². The molecule has 0 amide bonds. The van der Waals surface area contributed by atoms with Crippen LogP contribution < -0.4 is 10.0 Å². The fourth-order valence-corrected chi connectivity index (χ4v) is 2.55. The van der Waals surface area contributed by atoms with E-state index in [0.717, 1.165) is 25.2 Å². The Morgan fingerprint density at radius 1 is 1.08 bits per heavy atom. The number of nitrogens with one attached hydrogen (secondary N) is 1. The molecule has 0 saturated heterocycles. The molecule has 0 saturated carbocycles. The third kappa shape index (κ3) is 5.39. The number of hydrogen-bond donors (Lipinski definition) is 1. The van der Waals surface area contributed by atoms with Crippen molar-refractivity contribution in [3.05, 3.63) is 69.3 Å². The zero-order valence-electron chi connectivity index (χ0n) is 14.6. The summed E-state index contributed by atoms with van der Waals surface area (Å²) < 4.78 is 0. The van der Waals surface area contributed by atoms with E-state index < -0.39 is 4.92 Å². The lowest BCUT2D eigenvalue weighted by Gasteiger charge is -2.15. The maximum absolute atomic E-state index is 11.7. The van der Waals surface area contributed by atoms with E-state index in [4.69, 9.17) is 0 Å². The molecule has 1 N–H and O–H groups in total. The Labute approximate surface area is 147 Å². The molecule has 0 atom stereocenters. The molecule has 25 heavy (non-hydrogen) atoms. The molecule has 6 heteroatoms. The van der Waals surface area contributed by atoms with E-state index in [2.05, 4.69) is 31.0 Å². The van der Waals surface area contributed by atoms with Crippen LogP contribution >= 0.6 is 0 Å². The number of non-ortho nitro benzene ring substituents is 1. The lowest BCUT2D eigenvalue weighted by Crippen LogP contribution is -3.10. The minimum atomic E-state index is -0.520. The largest absolute Gasteiger partial charge is 0.872 e. The Morgan fingerprint density at radius 3 is 2.32 bits per heavy atom. The lowest BCUT2D eigenvalue weighted by atomic mass is 10.1. The highest BCUT2D eigenvalue weighted by molar-refractivity contribution is 5.84. The molecule has 2 aromatic rings. The van der Waals surface area contributed by atoms with E-state index in [9.17, 15) is 15.2 Å². The van der Waals surface area contributed by atoms with E-state index in [-0.39, 0.29) is 17.0 Å². The SMILES string of the molecule is CC[NH+](CC)Cc1ccc(CN=Cc2cc([N+](=O)[O-])ccc2[O-])cc1. The average molecular weight is 341 g/mol. The number of nitro groups is 1. The Hall–Kier alpha value is -2.73. The van der Waals surface area contributed by atoms with Crippen molar-refractivity contribution in [3.8, 4) is 5.75 Å². The van der Waals surface area contributed by atoms with Crippen LogP contribution in [0.25, 0.3) is 0 Å². The number of rotatable bonds is 8. The van der Waals surface area contributed by atoms with Crippen LogP contribution in [-0.4, -0.2) is 24.2 Å². The summed E-state index contributed by atoms with van der Waals surface area (Å²) in [5.74, 6) is -0.271. The summed E-state index contributed by atoms with van der Waals surface area (Å²) >= 11 is 0. The second-order valence-corrected chi connectivity index (χ2v) is 5.90. The molecule has 0 bridgehead atoms. The van der Waals surface area contributed by atoms with E-state index in [0.29, 0.717) is 6.54 Å². The summed E-state index contributed by atoms with van der Waals surface area (Å²) in [5, 5.41) is 22.5. The summed E-state index contributed by atoms with van der Waals surface area (Å²) in [6.07, 6.45) is 1.41. The van der Waals surface area contributed by atoms with Gasteiger partial charge in [0.15, 0.2) is 0 Å². The summed E-state index contributed by atoms with van der Waals surface area (Å²) in [7, 11) is 0. The summed E-state index contributed by atoms with van der Waals surface area (Å²) in [6, 6.07) is 11.9. The molecular weight excluding hydrogens is 318 g/mol. The van der Waals surface area contributed by atoms with Gasteiger partial charge in [-0.15, -0.1) is 0 Å². The zero-order chi connectivity index (χ0) is 18.2. The predicted molar refractivity (Wildman–Crippen MR) is 96.0 cm³/mol. The number of nitro benzene ring substituents is 1. The lowest BCUT2D eigenvalue weighted by molar-refractivity contribution is -0.910. The predicted octanol–water partition coefficient (Wildman–Crippen LogP) is 1.71. The Kier molecular flexibility index (Phi) is 6.65. The average Bonchev–Trinajstić information content (AvgIpc) is 2.62. The molecule has 0 aliphatic heterocycles. The molecule has 132 valence electrons. The van der Waals surface area contributed by atoms with Gasteiger partial charge in [0.1, 0.15) is 6.54 Å². The van der Waals surface area contributed by atoms with Crippen molar-refractivity contribution in [2.24, 2.45) is 4.99 Å². The standard InChI is InChI=1S/C19H23N3O3/c1-3-21(4-2)14-16-7-5-15(6-8-16)12-20-13-17-11-18(22(24)25)9-10-19(17)23/h5-11,13,23H,3-4,12,14H2,1-2H3. The third-order valence-corrected chi connectivity index (χ3v) is 4.19. The van der Waals surface area contributed by atoms with Crippen molar-refractivity contribution in [1.82, 2.24) is 0 Å².